The van der Waals surface area contributed by atoms with Crippen molar-refractivity contribution < 1.29 is 23.4 Å². The van der Waals surface area contributed by atoms with Crippen molar-refractivity contribution in [3.8, 4) is 11.1 Å². The second-order valence-corrected chi connectivity index (χ2v) is 8.32. The first-order valence-corrected chi connectivity index (χ1v) is 9.45. The molecule has 0 bridgehead atoms. The van der Waals surface area contributed by atoms with Gasteiger partial charge in [0.15, 0.2) is 9.84 Å². The van der Waals surface area contributed by atoms with E-state index in [1.54, 1.807) is 0 Å². The number of benzene rings is 2. The number of carboxylic acid groups (broad SMARTS) is 1. The van der Waals surface area contributed by atoms with Crippen molar-refractivity contribution in [2.45, 2.75) is 23.2 Å². The molecule has 0 spiro atoms. The monoisotopic (exact) mass is 346 g/mol. The third-order valence-electron chi connectivity index (χ3n) is 4.61. The highest BCUT2D eigenvalue weighted by Gasteiger charge is 2.43. The summed E-state index contributed by atoms with van der Waals surface area (Å²) in [7, 11) is -3.47. The van der Waals surface area contributed by atoms with Crippen LogP contribution in [-0.2, 0) is 15.3 Å². The molecule has 0 aromatic heterocycles. The van der Waals surface area contributed by atoms with Gasteiger partial charge in [-0.1, -0.05) is 30.3 Å². The normalized spacial score (nSPS) is 15.9. The van der Waals surface area contributed by atoms with Crippen LogP contribution in [0.2, 0.25) is 0 Å². The summed E-state index contributed by atoms with van der Waals surface area (Å²) in [6, 6.07) is 11.6. The van der Waals surface area contributed by atoms with E-state index < -0.39 is 15.8 Å². The minimum Gasteiger partial charge on any atom is -0.478 e. The SMILES string of the molecule is CS(=O)(=O)c1ccc(-c2ccc(C3(CO)CC3)cc2)c(C(=O)O)c1. The quantitative estimate of drug-likeness (QED) is 0.868. The van der Waals surface area contributed by atoms with Crippen molar-refractivity contribution in [2.24, 2.45) is 0 Å². The fraction of sp³-hybridized carbons (Fsp3) is 0.278. The molecule has 2 N–H and O–H groups in total. The number of sulfone groups is 1. The van der Waals surface area contributed by atoms with Gasteiger partial charge in [-0.3, -0.25) is 0 Å². The van der Waals surface area contributed by atoms with Crippen LogP contribution < -0.4 is 0 Å². The summed E-state index contributed by atoms with van der Waals surface area (Å²) in [6.45, 7) is 0.107. The average Bonchev–Trinajstić information content (AvgIpc) is 3.35. The maximum absolute atomic E-state index is 11.6. The fourth-order valence-electron chi connectivity index (χ4n) is 2.87. The number of hydrogen-bond acceptors (Lipinski definition) is 4. The van der Waals surface area contributed by atoms with Crippen molar-refractivity contribution >= 4 is 15.8 Å². The van der Waals surface area contributed by atoms with Crippen molar-refractivity contribution in [3.05, 3.63) is 53.6 Å². The Morgan fingerprint density at radius 1 is 1.12 bits per heavy atom. The highest BCUT2D eigenvalue weighted by molar-refractivity contribution is 7.90. The minimum atomic E-state index is -3.47. The molecule has 1 saturated carbocycles. The maximum Gasteiger partial charge on any atom is 0.336 e. The molecular formula is C18H18O5S. The third kappa shape index (κ3) is 2.95. The van der Waals surface area contributed by atoms with Crippen LogP contribution in [0.4, 0.5) is 0 Å². The van der Waals surface area contributed by atoms with Crippen molar-refractivity contribution in [2.75, 3.05) is 12.9 Å². The van der Waals surface area contributed by atoms with Crippen molar-refractivity contribution in [1.82, 2.24) is 0 Å². The highest BCUT2D eigenvalue weighted by Crippen LogP contribution is 2.47. The number of aromatic carboxylic acids is 1. The summed E-state index contributed by atoms with van der Waals surface area (Å²) in [5.41, 5.74) is 2.02. The van der Waals surface area contributed by atoms with Gasteiger partial charge in [0.1, 0.15) is 0 Å². The molecule has 3 rings (SSSR count). The number of hydrogen-bond donors (Lipinski definition) is 2. The molecule has 0 atom stereocenters. The molecule has 5 nitrogen and oxygen atoms in total. The van der Waals surface area contributed by atoms with E-state index in [1.165, 1.54) is 18.2 Å². The topological polar surface area (TPSA) is 91.7 Å². The van der Waals surface area contributed by atoms with Gasteiger partial charge in [0.2, 0.25) is 0 Å². The molecule has 0 heterocycles. The van der Waals surface area contributed by atoms with Gasteiger partial charge >= 0.3 is 5.97 Å². The highest BCUT2D eigenvalue weighted by atomic mass is 32.2. The standard InChI is InChI=1S/C18H18O5S/c1-24(22,23)14-6-7-15(16(10-14)17(20)21)12-2-4-13(5-3-12)18(11-19)8-9-18/h2-7,10,19H,8-9,11H2,1H3,(H,20,21). The van der Waals surface area contributed by atoms with Crippen molar-refractivity contribution in [3.63, 3.8) is 0 Å². The van der Waals surface area contributed by atoms with Gasteiger partial charge in [-0.25, -0.2) is 13.2 Å². The molecule has 1 fully saturated rings. The second kappa shape index (κ2) is 5.72. The van der Waals surface area contributed by atoms with E-state index >= 15 is 0 Å². The minimum absolute atomic E-state index is 0.0162. The molecule has 6 heteroatoms. The molecule has 2 aromatic carbocycles. The van der Waals surface area contributed by atoms with Crippen LogP contribution in [0.5, 0.6) is 0 Å². The van der Waals surface area contributed by atoms with Crippen LogP contribution in [0, 0.1) is 0 Å². The lowest BCUT2D eigenvalue weighted by molar-refractivity contribution is 0.0697. The molecule has 2 aromatic rings. The zero-order chi connectivity index (χ0) is 17.5. The Morgan fingerprint density at radius 2 is 1.75 bits per heavy atom. The summed E-state index contributed by atoms with van der Waals surface area (Å²) in [5.74, 6) is -1.17. The molecule has 0 aliphatic heterocycles. The van der Waals surface area contributed by atoms with E-state index in [0.29, 0.717) is 11.1 Å². The van der Waals surface area contributed by atoms with Gasteiger partial charge in [-0.15, -0.1) is 0 Å². The number of carboxylic acids is 1. The van der Waals surface area contributed by atoms with Gasteiger partial charge in [0.05, 0.1) is 17.1 Å². The Kier molecular flexibility index (Phi) is 3.97. The molecule has 126 valence electrons. The molecule has 24 heavy (non-hydrogen) atoms. The Labute approximate surface area is 140 Å². The zero-order valence-corrected chi connectivity index (χ0v) is 14.0. The number of carbonyl (C=O) groups is 1. The predicted octanol–water partition coefficient (Wildman–Crippen LogP) is 2.48. The third-order valence-corrected chi connectivity index (χ3v) is 5.72. The summed E-state index contributed by atoms with van der Waals surface area (Å²) in [5, 5.41) is 18.9. The zero-order valence-electron chi connectivity index (χ0n) is 13.2. The van der Waals surface area contributed by atoms with Gasteiger partial charge in [-0.2, -0.15) is 0 Å². The van der Waals surface area contributed by atoms with Gasteiger partial charge in [0.25, 0.3) is 0 Å². The smallest absolute Gasteiger partial charge is 0.336 e. The summed E-state index contributed by atoms with van der Waals surface area (Å²) < 4.78 is 23.3. The lowest BCUT2D eigenvalue weighted by atomic mass is 9.93. The Morgan fingerprint density at radius 3 is 2.21 bits per heavy atom. The number of rotatable bonds is 5. The first-order valence-electron chi connectivity index (χ1n) is 7.56. The Bertz CT molecular complexity index is 894. The molecular weight excluding hydrogens is 328 g/mol. The second-order valence-electron chi connectivity index (χ2n) is 6.30. The maximum atomic E-state index is 11.6. The van der Waals surface area contributed by atoms with E-state index in [2.05, 4.69) is 0 Å². The van der Waals surface area contributed by atoms with Crippen LogP contribution >= 0.6 is 0 Å². The lowest BCUT2D eigenvalue weighted by Gasteiger charge is -2.14. The average molecular weight is 346 g/mol. The molecule has 0 radical (unpaired) electrons. The van der Waals surface area contributed by atoms with E-state index in [9.17, 15) is 23.4 Å². The molecule has 1 aliphatic rings. The van der Waals surface area contributed by atoms with Crippen LogP contribution in [0.3, 0.4) is 0 Å². The summed E-state index contributed by atoms with van der Waals surface area (Å²) in [6.07, 6.45) is 2.95. The molecule has 0 unspecified atom stereocenters. The summed E-state index contributed by atoms with van der Waals surface area (Å²) in [4.78, 5) is 11.5. The van der Waals surface area contributed by atoms with E-state index in [-0.39, 0.29) is 22.5 Å². The Hall–Kier alpha value is -2.18. The first kappa shape index (κ1) is 16.7. The van der Waals surface area contributed by atoms with E-state index in [1.807, 2.05) is 24.3 Å². The first-order chi connectivity index (χ1) is 11.3. The van der Waals surface area contributed by atoms with E-state index in [4.69, 9.17) is 0 Å². The lowest BCUT2D eigenvalue weighted by Crippen LogP contribution is -2.11. The number of aliphatic hydroxyl groups excluding tert-OH is 1. The Balaban J connectivity index is 2.04. The van der Waals surface area contributed by atoms with Crippen LogP contribution in [0.15, 0.2) is 47.4 Å². The van der Waals surface area contributed by atoms with Gasteiger partial charge in [0, 0.05) is 11.7 Å². The fourth-order valence-corrected chi connectivity index (χ4v) is 3.52. The largest absolute Gasteiger partial charge is 0.478 e. The van der Waals surface area contributed by atoms with Gasteiger partial charge in [-0.05, 0) is 41.7 Å². The van der Waals surface area contributed by atoms with Crippen molar-refractivity contribution in [1.29, 1.82) is 0 Å². The number of aliphatic hydroxyl groups is 1. The molecule has 1 aliphatic carbocycles. The van der Waals surface area contributed by atoms with Crippen LogP contribution in [0.1, 0.15) is 28.8 Å². The summed E-state index contributed by atoms with van der Waals surface area (Å²) >= 11 is 0. The van der Waals surface area contributed by atoms with Crippen LogP contribution in [-0.4, -0.2) is 37.5 Å². The van der Waals surface area contributed by atoms with Gasteiger partial charge < -0.3 is 10.2 Å². The molecule has 0 amide bonds. The van der Waals surface area contributed by atoms with Crippen LogP contribution in [0.25, 0.3) is 11.1 Å². The van der Waals surface area contributed by atoms with E-state index in [0.717, 1.165) is 24.7 Å². The predicted molar refractivity (Wildman–Crippen MR) is 89.9 cm³/mol. The molecule has 0 saturated heterocycles.